The molecule has 0 aromatic heterocycles. The topological polar surface area (TPSA) is 66.9 Å². The summed E-state index contributed by atoms with van der Waals surface area (Å²) in [4.78, 5) is 40.5. The molecule has 1 heterocycles. The van der Waals surface area contributed by atoms with E-state index in [0.29, 0.717) is 12.3 Å². The number of ether oxygens (including phenoxy) is 1. The quantitative estimate of drug-likeness (QED) is 0.671. The molecule has 28 heavy (non-hydrogen) atoms. The Hall–Kier alpha value is -2.80. The van der Waals surface area contributed by atoms with Crippen molar-refractivity contribution in [3.8, 4) is 0 Å². The lowest BCUT2D eigenvalue weighted by Crippen LogP contribution is -2.37. The fraction of sp³-hybridized carbons (Fsp3) is 0.286. The molecule has 0 unspecified atom stereocenters. The van der Waals surface area contributed by atoms with Crippen molar-refractivity contribution in [2.24, 2.45) is 0 Å². The predicted octanol–water partition coefficient (Wildman–Crippen LogP) is 2.72. The van der Waals surface area contributed by atoms with Gasteiger partial charge in [-0.2, -0.15) is 0 Å². The number of anilines is 1. The van der Waals surface area contributed by atoms with Crippen molar-refractivity contribution in [1.29, 1.82) is 0 Å². The van der Waals surface area contributed by atoms with E-state index in [1.165, 1.54) is 16.7 Å². The third kappa shape index (κ3) is 5.13. The Balaban J connectivity index is 1.46. The number of para-hydroxylation sites is 1. The minimum absolute atomic E-state index is 0.0322. The maximum Gasteiger partial charge on any atom is 0.308 e. The van der Waals surface area contributed by atoms with Crippen LogP contribution in [0.2, 0.25) is 0 Å². The molecule has 1 aliphatic heterocycles. The molecule has 1 aliphatic rings. The summed E-state index contributed by atoms with van der Waals surface area (Å²) in [5.41, 5.74) is 1.82. The molecule has 0 radical (unpaired) electrons. The Kier molecular flexibility index (Phi) is 6.71. The van der Waals surface area contributed by atoms with Gasteiger partial charge < -0.3 is 14.5 Å². The second-order valence-electron chi connectivity index (χ2n) is 6.45. The van der Waals surface area contributed by atoms with Crippen molar-refractivity contribution >= 4 is 35.2 Å². The lowest BCUT2D eigenvalue weighted by molar-refractivity contribution is -0.151. The summed E-state index contributed by atoms with van der Waals surface area (Å²) >= 11 is 1.50. The average molecular weight is 398 g/mol. The Morgan fingerprint density at radius 2 is 1.82 bits per heavy atom. The number of nitrogens with zero attached hydrogens (tertiary/aromatic N) is 2. The summed E-state index contributed by atoms with van der Waals surface area (Å²) in [5.74, 6) is -0.442. The smallest absolute Gasteiger partial charge is 0.308 e. The predicted molar refractivity (Wildman–Crippen MR) is 108 cm³/mol. The maximum absolute atomic E-state index is 12.2. The van der Waals surface area contributed by atoms with Crippen LogP contribution in [0.4, 0.5) is 5.69 Å². The first-order valence-corrected chi connectivity index (χ1v) is 9.99. The molecule has 0 atom stereocenters. The number of rotatable bonds is 7. The normalized spacial score (nSPS) is 13.0. The number of carbonyl (C=O) groups is 3. The third-order valence-corrected chi connectivity index (χ3v) is 5.44. The van der Waals surface area contributed by atoms with Crippen molar-refractivity contribution in [2.75, 3.05) is 30.9 Å². The number of amides is 2. The fourth-order valence-corrected chi connectivity index (χ4v) is 3.81. The molecular formula is C21H22N2O4S. The van der Waals surface area contributed by atoms with Crippen molar-refractivity contribution in [3.63, 3.8) is 0 Å². The summed E-state index contributed by atoms with van der Waals surface area (Å²) in [5, 5.41) is 0. The van der Waals surface area contributed by atoms with E-state index in [-0.39, 0.29) is 31.4 Å². The Morgan fingerprint density at radius 1 is 1.11 bits per heavy atom. The van der Waals surface area contributed by atoms with Gasteiger partial charge >= 0.3 is 5.97 Å². The van der Waals surface area contributed by atoms with E-state index in [1.807, 2.05) is 54.6 Å². The van der Waals surface area contributed by atoms with Gasteiger partial charge in [-0.05, 0) is 17.7 Å². The molecule has 0 aliphatic carbocycles. The van der Waals surface area contributed by atoms with Gasteiger partial charge in [0.05, 0.1) is 17.9 Å². The first-order valence-electron chi connectivity index (χ1n) is 9.00. The van der Waals surface area contributed by atoms with Crippen LogP contribution in [0, 0.1) is 0 Å². The lowest BCUT2D eigenvalue weighted by atomic mass is 10.2. The van der Waals surface area contributed by atoms with Crippen LogP contribution in [0.1, 0.15) is 12.0 Å². The number of esters is 1. The maximum atomic E-state index is 12.2. The van der Waals surface area contributed by atoms with Crippen LogP contribution in [0.15, 0.2) is 59.5 Å². The highest BCUT2D eigenvalue weighted by Gasteiger charge is 2.25. The van der Waals surface area contributed by atoms with Crippen LogP contribution in [0.5, 0.6) is 0 Å². The minimum atomic E-state index is -0.495. The van der Waals surface area contributed by atoms with E-state index in [2.05, 4.69) is 0 Å². The second-order valence-corrected chi connectivity index (χ2v) is 7.47. The zero-order valence-electron chi connectivity index (χ0n) is 15.7. The first-order chi connectivity index (χ1) is 13.5. The molecule has 0 spiro atoms. The van der Waals surface area contributed by atoms with Crippen LogP contribution in [-0.4, -0.2) is 48.6 Å². The Labute approximate surface area is 168 Å². The molecule has 0 fully saturated rings. The molecule has 0 saturated heterocycles. The number of thioether (sulfide) groups is 1. The van der Waals surface area contributed by atoms with Crippen molar-refractivity contribution < 1.29 is 19.1 Å². The van der Waals surface area contributed by atoms with Gasteiger partial charge in [0.15, 0.2) is 6.61 Å². The minimum Gasteiger partial charge on any atom is -0.456 e. The monoisotopic (exact) mass is 398 g/mol. The Bertz CT molecular complexity index is 856. The zero-order valence-corrected chi connectivity index (χ0v) is 16.5. The molecule has 2 aromatic rings. The highest BCUT2D eigenvalue weighted by atomic mass is 32.2. The van der Waals surface area contributed by atoms with Crippen LogP contribution in [0.3, 0.4) is 0 Å². The number of likely N-dealkylation sites (N-methyl/N-ethyl adjacent to an activating group) is 1. The van der Waals surface area contributed by atoms with Crippen LogP contribution >= 0.6 is 11.8 Å². The van der Waals surface area contributed by atoms with Gasteiger partial charge in [0, 0.05) is 25.0 Å². The standard InChI is InChI=1S/C21H22N2O4S/c1-22(13-16-7-3-2-4-8-16)19(24)14-27-21(26)11-12-23-17-9-5-6-10-18(17)28-15-20(23)25/h2-10H,11-15H2,1H3. The number of benzene rings is 2. The van der Waals surface area contributed by atoms with Crippen LogP contribution < -0.4 is 4.90 Å². The van der Waals surface area contributed by atoms with Crippen molar-refractivity contribution in [1.82, 2.24) is 4.90 Å². The van der Waals surface area contributed by atoms with Gasteiger partial charge in [-0.25, -0.2) is 0 Å². The molecule has 6 nitrogen and oxygen atoms in total. The highest BCUT2D eigenvalue weighted by Crippen LogP contribution is 2.34. The highest BCUT2D eigenvalue weighted by molar-refractivity contribution is 8.00. The van der Waals surface area contributed by atoms with E-state index in [9.17, 15) is 14.4 Å². The molecule has 2 aromatic carbocycles. The molecule has 7 heteroatoms. The van der Waals surface area contributed by atoms with E-state index >= 15 is 0 Å². The Morgan fingerprint density at radius 3 is 2.61 bits per heavy atom. The number of hydrogen-bond donors (Lipinski definition) is 0. The van der Waals surface area contributed by atoms with Crippen molar-refractivity contribution in [2.45, 2.75) is 17.9 Å². The molecule has 0 N–H and O–H groups in total. The van der Waals surface area contributed by atoms with E-state index in [0.717, 1.165) is 16.1 Å². The largest absolute Gasteiger partial charge is 0.456 e. The van der Waals surface area contributed by atoms with Gasteiger partial charge in [-0.15, -0.1) is 11.8 Å². The molecule has 0 saturated carbocycles. The molecule has 3 rings (SSSR count). The molecule has 2 amide bonds. The van der Waals surface area contributed by atoms with E-state index in [1.54, 1.807) is 11.9 Å². The molecule has 146 valence electrons. The van der Waals surface area contributed by atoms with Gasteiger partial charge in [0.2, 0.25) is 5.91 Å². The molecule has 0 bridgehead atoms. The number of fused-ring (bicyclic) bond motifs is 1. The second kappa shape index (κ2) is 9.41. The van der Waals surface area contributed by atoms with Crippen LogP contribution in [0.25, 0.3) is 0 Å². The van der Waals surface area contributed by atoms with Gasteiger partial charge in [0.25, 0.3) is 5.91 Å². The third-order valence-electron chi connectivity index (χ3n) is 4.39. The summed E-state index contributed by atoms with van der Waals surface area (Å²) in [6.45, 7) is 0.389. The summed E-state index contributed by atoms with van der Waals surface area (Å²) < 4.78 is 5.10. The SMILES string of the molecule is CN(Cc1ccccc1)C(=O)COC(=O)CCN1C(=O)CSc2ccccc21. The van der Waals surface area contributed by atoms with E-state index in [4.69, 9.17) is 4.74 Å². The van der Waals surface area contributed by atoms with Gasteiger partial charge in [-0.1, -0.05) is 42.5 Å². The van der Waals surface area contributed by atoms with Crippen LogP contribution in [-0.2, 0) is 25.7 Å². The number of carbonyl (C=O) groups excluding carboxylic acids is 3. The fourth-order valence-electron chi connectivity index (χ4n) is 2.87. The van der Waals surface area contributed by atoms with E-state index < -0.39 is 5.97 Å². The summed E-state index contributed by atoms with van der Waals surface area (Å²) in [6.07, 6.45) is 0.0421. The first kappa shape index (κ1) is 19.9. The van der Waals surface area contributed by atoms with Crippen molar-refractivity contribution in [3.05, 3.63) is 60.2 Å². The zero-order chi connectivity index (χ0) is 19.9. The van der Waals surface area contributed by atoms with Gasteiger partial charge in [0.1, 0.15) is 0 Å². The summed E-state index contributed by atoms with van der Waals surface area (Å²) in [6, 6.07) is 17.2. The number of hydrogen-bond acceptors (Lipinski definition) is 5. The molecular weight excluding hydrogens is 376 g/mol. The average Bonchev–Trinajstić information content (AvgIpc) is 2.72. The van der Waals surface area contributed by atoms with Gasteiger partial charge in [-0.3, -0.25) is 14.4 Å². The lowest BCUT2D eigenvalue weighted by Gasteiger charge is -2.28. The summed E-state index contributed by atoms with van der Waals surface area (Å²) in [7, 11) is 1.67.